The molecule has 2 N–H and O–H groups in total. The molecule has 0 saturated carbocycles. The number of sulfonamides is 1. The van der Waals surface area contributed by atoms with Crippen molar-refractivity contribution in [1.29, 1.82) is 0 Å². The van der Waals surface area contributed by atoms with E-state index in [0.717, 1.165) is 11.3 Å². The largest absolute Gasteiger partial charge is 0.481 e. The summed E-state index contributed by atoms with van der Waals surface area (Å²) >= 11 is 6.58. The van der Waals surface area contributed by atoms with E-state index in [0.29, 0.717) is 4.88 Å². The third-order valence-corrected chi connectivity index (χ3v) is 5.37. The second-order valence-electron chi connectivity index (χ2n) is 3.76. The molecule has 0 aromatic carbocycles. The number of nitrogens with zero attached hydrogens (tertiary/aromatic N) is 1. The molecular weight excluding hydrogens is 324 g/mol. The lowest BCUT2D eigenvalue weighted by molar-refractivity contribution is -0.136. The van der Waals surface area contributed by atoms with Crippen molar-refractivity contribution in [3.05, 3.63) is 40.5 Å². The van der Waals surface area contributed by atoms with Crippen LogP contribution in [-0.2, 0) is 21.2 Å². The average molecular weight is 333 g/mol. The number of carbonyl (C=O) groups is 1. The lowest BCUT2D eigenvalue weighted by Gasteiger charge is -2.05. The zero-order valence-electron chi connectivity index (χ0n) is 9.91. The summed E-state index contributed by atoms with van der Waals surface area (Å²) in [5.41, 5.74) is 0.290. The van der Waals surface area contributed by atoms with Crippen molar-refractivity contribution in [3.8, 4) is 0 Å². The summed E-state index contributed by atoms with van der Waals surface area (Å²) in [5.74, 6) is -1.01. The van der Waals surface area contributed by atoms with Crippen molar-refractivity contribution in [2.75, 3.05) is 4.72 Å². The monoisotopic (exact) mass is 332 g/mol. The van der Waals surface area contributed by atoms with Gasteiger partial charge in [0.1, 0.15) is 9.36 Å². The molecule has 0 radical (unpaired) electrons. The summed E-state index contributed by atoms with van der Waals surface area (Å²) < 4.78 is 26.6. The molecule has 0 saturated heterocycles. The number of thiophene rings is 1. The molecule has 0 bridgehead atoms. The first-order valence-corrected chi connectivity index (χ1v) is 7.99. The van der Waals surface area contributed by atoms with Crippen molar-refractivity contribution in [2.24, 2.45) is 0 Å². The minimum Gasteiger partial charge on any atom is -0.481 e. The van der Waals surface area contributed by atoms with Crippen molar-refractivity contribution >= 4 is 44.6 Å². The summed E-state index contributed by atoms with van der Waals surface area (Å²) in [6.07, 6.45) is 1.17. The Morgan fingerprint density at radius 2 is 2.15 bits per heavy atom. The Kier molecular flexibility index (Phi) is 4.26. The molecule has 0 aliphatic carbocycles. The molecule has 6 nitrogen and oxygen atoms in total. The zero-order valence-corrected chi connectivity index (χ0v) is 12.3. The number of anilines is 1. The van der Waals surface area contributed by atoms with Gasteiger partial charge in [-0.1, -0.05) is 11.6 Å². The van der Waals surface area contributed by atoms with Crippen LogP contribution in [0.2, 0.25) is 5.15 Å². The molecular formula is C11H9ClN2O4S2. The number of aromatic nitrogens is 1. The van der Waals surface area contributed by atoms with E-state index >= 15 is 0 Å². The number of nitrogens with one attached hydrogen (secondary N) is 1. The molecule has 0 spiro atoms. The fourth-order valence-electron chi connectivity index (χ4n) is 1.42. The van der Waals surface area contributed by atoms with Crippen molar-refractivity contribution < 1.29 is 18.3 Å². The summed E-state index contributed by atoms with van der Waals surface area (Å²) in [5, 5.41) is 8.83. The molecule has 2 aromatic rings. The van der Waals surface area contributed by atoms with Crippen LogP contribution in [0, 0.1) is 0 Å². The Labute approximate surface area is 124 Å². The minimum absolute atomic E-state index is 0.0432. The molecule has 0 amide bonds. The second kappa shape index (κ2) is 5.78. The van der Waals surface area contributed by atoms with Crippen LogP contribution in [-0.4, -0.2) is 24.5 Å². The van der Waals surface area contributed by atoms with E-state index in [1.807, 2.05) is 0 Å². The number of rotatable bonds is 5. The number of hydrogen-bond donors (Lipinski definition) is 2. The lowest BCUT2D eigenvalue weighted by atomic mass is 10.3. The number of carboxylic acids is 1. The van der Waals surface area contributed by atoms with Crippen molar-refractivity contribution in [3.63, 3.8) is 0 Å². The van der Waals surface area contributed by atoms with Gasteiger partial charge in [0, 0.05) is 11.1 Å². The molecule has 20 heavy (non-hydrogen) atoms. The molecule has 0 aliphatic rings. The Morgan fingerprint density at radius 3 is 2.80 bits per heavy atom. The van der Waals surface area contributed by atoms with E-state index in [1.165, 1.54) is 30.5 Å². The summed E-state index contributed by atoms with van der Waals surface area (Å²) in [4.78, 5) is 14.8. The highest BCUT2D eigenvalue weighted by Crippen LogP contribution is 2.25. The van der Waals surface area contributed by atoms with Gasteiger partial charge in [0.05, 0.1) is 12.1 Å². The molecule has 0 aliphatic heterocycles. The first-order valence-electron chi connectivity index (χ1n) is 5.32. The third kappa shape index (κ3) is 3.69. The normalized spacial score (nSPS) is 11.2. The lowest BCUT2D eigenvalue weighted by Crippen LogP contribution is -2.11. The number of pyridine rings is 1. The SMILES string of the molecule is O=C(O)Cc1ccc(S(=O)(=O)Nc2ccnc(Cl)c2)s1. The van der Waals surface area contributed by atoms with Crippen LogP contribution in [0.5, 0.6) is 0 Å². The number of hydrogen-bond acceptors (Lipinski definition) is 5. The smallest absolute Gasteiger partial charge is 0.308 e. The minimum atomic E-state index is -3.76. The molecule has 2 heterocycles. The fourth-order valence-corrected chi connectivity index (χ4v) is 3.99. The predicted octanol–water partition coefficient (Wildman–Crippen LogP) is 2.22. The molecule has 0 atom stereocenters. The fraction of sp³-hybridized carbons (Fsp3) is 0.0909. The Hall–Kier alpha value is -1.64. The maximum Gasteiger partial charge on any atom is 0.308 e. The van der Waals surface area contributed by atoms with Gasteiger partial charge >= 0.3 is 5.97 Å². The third-order valence-electron chi connectivity index (χ3n) is 2.21. The van der Waals surface area contributed by atoms with Crippen LogP contribution in [0.1, 0.15) is 4.88 Å². The number of halogens is 1. The molecule has 0 unspecified atom stereocenters. The maximum absolute atomic E-state index is 12.1. The van der Waals surface area contributed by atoms with Gasteiger partial charge in [-0.05, 0) is 24.3 Å². The summed E-state index contributed by atoms with van der Waals surface area (Å²) in [6.45, 7) is 0. The zero-order chi connectivity index (χ0) is 14.8. The first kappa shape index (κ1) is 14.8. The number of aliphatic carboxylic acids is 1. The summed E-state index contributed by atoms with van der Waals surface area (Å²) in [6, 6.07) is 5.70. The number of carboxylic acid groups (broad SMARTS) is 1. The van der Waals surface area contributed by atoms with E-state index in [4.69, 9.17) is 16.7 Å². The molecule has 106 valence electrons. The Balaban J connectivity index is 2.22. The van der Waals surface area contributed by atoms with Gasteiger partial charge in [-0.25, -0.2) is 13.4 Å². The molecule has 0 fully saturated rings. The first-order chi connectivity index (χ1) is 9.37. The van der Waals surface area contributed by atoms with Gasteiger partial charge in [0.15, 0.2) is 0 Å². The highest BCUT2D eigenvalue weighted by molar-refractivity contribution is 7.94. The van der Waals surface area contributed by atoms with Crippen LogP contribution < -0.4 is 4.72 Å². The second-order valence-corrected chi connectivity index (χ2v) is 7.23. The molecule has 2 rings (SSSR count). The average Bonchev–Trinajstić information content (AvgIpc) is 2.76. The maximum atomic E-state index is 12.1. The molecule has 9 heteroatoms. The van der Waals surface area contributed by atoms with Crippen molar-refractivity contribution in [1.82, 2.24) is 4.98 Å². The van der Waals surface area contributed by atoms with Gasteiger partial charge in [-0.3, -0.25) is 9.52 Å². The Bertz CT molecular complexity index is 742. The van der Waals surface area contributed by atoms with E-state index in [9.17, 15) is 13.2 Å². The predicted molar refractivity (Wildman–Crippen MR) is 75.7 cm³/mol. The van der Waals surface area contributed by atoms with E-state index < -0.39 is 16.0 Å². The van der Waals surface area contributed by atoms with Gasteiger partial charge in [0.25, 0.3) is 10.0 Å². The van der Waals surface area contributed by atoms with Gasteiger partial charge in [-0.2, -0.15) is 0 Å². The summed E-state index contributed by atoms with van der Waals surface area (Å²) in [7, 11) is -3.76. The van der Waals surface area contributed by atoms with Gasteiger partial charge in [0.2, 0.25) is 0 Å². The van der Waals surface area contributed by atoms with Gasteiger partial charge < -0.3 is 5.11 Å². The van der Waals surface area contributed by atoms with E-state index in [-0.39, 0.29) is 21.5 Å². The molecule has 2 aromatic heterocycles. The van der Waals surface area contributed by atoms with Crippen LogP contribution in [0.3, 0.4) is 0 Å². The highest BCUT2D eigenvalue weighted by atomic mass is 35.5. The topological polar surface area (TPSA) is 96.4 Å². The Morgan fingerprint density at radius 1 is 1.40 bits per heavy atom. The van der Waals surface area contributed by atoms with Crippen LogP contribution in [0.25, 0.3) is 0 Å². The standard InChI is InChI=1S/C11H9ClN2O4S2/c12-9-5-7(3-4-13-9)14-20(17,18)11-2-1-8(19-11)6-10(15)16/h1-5H,6H2,(H,13,14)(H,15,16). The van der Waals surface area contributed by atoms with Gasteiger partial charge in [-0.15, -0.1) is 11.3 Å². The quantitative estimate of drug-likeness (QED) is 0.818. The highest BCUT2D eigenvalue weighted by Gasteiger charge is 2.18. The van der Waals surface area contributed by atoms with E-state index in [2.05, 4.69) is 9.71 Å². The van der Waals surface area contributed by atoms with Crippen molar-refractivity contribution in [2.45, 2.75) is 10.6 Å². The van der Waals surface area contributed by atoms with Crippen LogP contribution in [0.4, 0.5) is 5.69 Å². The van der Waals surface area contributed by atoms with E-state index in [1.54, 1.807) is 0 Å². The van der Waals surface area contributed by atoms with Crippen LogP contribution in [0.15, 0.2) is 34.7 Å². The van der Waals surface area contributed by atoms with Crippen LogP contribution >= 0.6 is 22.9 Å².